The average molecular weight is 333 g/mol. The van der Waals surface area contributed by atoms with Gasteiger partial charge >= 0.3 is 6.03 Å². The van der Waals surface area contributed by atoms with Gasteiger partial charge in [-0.25, -0.2) is 9.18 Å². The first-order valence-electron chi connectivity index (χ1n) is 8.70. The number of hydrogen-bond donors (Lipinski definition) is 1. The molecule has 6 heteroatoms. The minimum absolute atomic E-state index is 0.155. The molecule has 0 spiro atoms. The van der Waals surface area contributed by atoms with E-state index < -0.39 is 0 Å². The second-order valence-electron chi connectivity index (χ2n) is 6.60. The quantitative estimate of drug-likeness (QED) is 0.901. The Morgan fingerprint density at radius 3 is 2.54 bits per heavy atom. The summed E-state index contributed by atoms with van der Waals surface area (Å²) in [5, 5.41) is 2.67. The molecule has 1 aromatic rings. The molecule has 1 saturated carbocycles. The summed E-state index contributed by atoms with van der Waals surface area (Å²) >= 11 is 0. The first-order chi connectivity index (χ1) is 11.6. The van der Waals surface area contributed by atoms with E-state index in [1.54, 1.807) is 12.1 Å². The lowest BCUT2D eigenvalue weighted by molar-refractivity contribution is -0.129. The SMILES string of the molecule is O=C(CN(Cc1ccc(F)cc1)C1CCCCC1)N1CCNC1=O. The molecule has 1 heterocycles. The van der Waals surface area contributed by atoms with E-state index in [1.807, 2.05) is 0 Å². The fourth-order valence-electron chi connectivity index (χ4n) is 3.55. The Morgan fingerprint density at radius 1 is 1.21 bits per heavy atom. The molecule has 3 amide bonds. The van der Waals surface area contributed by atoms with Gasteiger partial charge < -0.3 is 5.32 Å². The van der Waals surface area contributed by atoms with E-state index >= 15 is 0 Å². The fraction of sp³-hybridized carbons (Fsp3) is 0.556. The van der Waals surface area contributed by atoms with Gasteiger partial charge in [-0.05, 0) is 30.5 Å². The maximum atomic E-state index is 13.1. The minimum Gasteiger partial charge on any atom is -0.336 e. The molecule has 2 fully saturated rings. The number of urea groups is 1. The van der Waals surface area contributed by atoms with Gasteiger partial charge in [0.2, 0.25) is 5.91 Å². The van der Waals surface area contributed by atoms with Gasteiger partial charge in [0.25, 0.3) is 0 Å². The van der Waals surface area contributed by atoms with Crippen molar-refractivity contribution in [3.8, 4) is 0 Å². The molecule has 0 radical (unpaired) electrons. The highest BCUT2D eigenvalue weighted by Gasteiger charge is 2.30. The van der Waals surface area contributed by atoms with Crippen molar-refractivity contribution in [2.24, 2.45) is 0 Å². The Labute approximate surface area is 141 Å². The topological polar surface area (TPSA) is 52.7 Å². The van der Waals surface area contributed by atoms with Gasteiger partial charge in [0.05, 0.1) is 6.54 Å². The van der Waals surface area contributed by atoms with Crippen LogP contribution in [0.15, 0.2) is 24.3 Å². The molecule has 0 unspecified atom stereocenters. The average Bonchev–Trinajstić information content (AvgIpc) is 3.03. The zero-order valence-electron chi connectivity index (χ0n) is 13.8. The van der Waals surface area contributed by atoms with Crippen molar-refractivity contribution < 1.29 is 14.0 Å². The number of imide groups is 1. The number of nitrogens with one attached hydrogen (secondary N) is 1. The number of nitrogens with zero attached hydrogens (tertiary/aromatic N) is 2. The summed E-state index contributed by atoms with van der Waals surface area (Å²) in [6.07, 6.45) is 5.72. The summed E-state index contributed by atoms with van der Waals surface area (Å²) in [6.45, 7) is 1.79. The molecule has 1 aliphatic carbocycles. The van der Waals surface area contributed by atoms with Crippen molar-refractivity contribution in [1.29, 1.82) is 0 Å². The highest BCUT2D eigenvalue weighted by Crippen LogP contribution is 2.24. The second kappa shape index (κ2) is 7.75. The van der Waals surface area contributed by atoms with Crippen LogP contribution >= 0.6 is 0 Å². The molecular weight excluding hydrogens is 309 g/mol. The van der Waals surface area contributed by atoms with E-state index in [0.717, 1.165) is 18.4 Å². The maximum absolute atomic E-state index is 13.1. The van der Waals surface area contributed by atoms with Crippen LogP contribution in [0.25, 0.3) is 0 Å². The van der Waals surface area contributed by atoms with E-state index in [4.69, 9.17) is 0 Å². The van der Waals surface area contributed by atoms with E-state index in [0.29, 0.717) is 25.7 Å². The highest BCUT2D eigenvalue weighted by molar-refractivity contribution is 5.96. The number of halogens is 1. The van der Waals surface area contributed by atoms with E-state index in [1.165, 1.54) is 36.3 Å². The van der Waals surface area contributed by atoms with Gasteiger partial charge in [0.1, 0.15) is 5.82 Å². The molecule has 0 atom stereocenters. The summed E-state index contributed by atoms with van der Waals surface area (Å²) in [4.78, 5) is 27.7. The maximum Gasteiger partial charge on any atom is 0.324 e. The Morgan fingerprint density at radius 2 is 1.92 bits per heavy atom. The molecule has 1 aromatic carbocycles. The third-order valence-corrected chi connectivity index (χ3v) is 4.89. The zero-order chi connectivity index (χ0) is 16.9. The molecule has 1 N–H and O–H groups in total. The van der Waals surface area contributed by atoms with Crippen LogP contribution in [0.5, 0.6) is 0 Å². The fourth-order valence-corrected chi connectivity index (χ4v) is 3.55. The van der Waals surface area contributed by atoms with Crippen LogP contribution < -0.4 is 5.32 Å². The van der Waals surface area contributed by atoms with Crippen molar-refractivity contribution in [2.45, 2.75) is 44.7 Å². The number of rotatable bonds is 5. The predicted molar refractivity (Wildman–Crippen MR) is 88.8 cm³/mol. The molecule has 0 bridgehead atoms. The van der Waals surface area contributed by atoms with Crippen LogP contribution in [0.2, 0.25) is 0 Å². The van der Waals surface area contributed by atoms with Crippen molar-refractivity contribution in [1.82, 2.24) is 15.1 Å². The summed E-state index contributed by atoms with van der Waals surface area (Å²) in [5.74, 6) is -0.412. The summed E-state index contributed by atoms with van der Waals surface area (Å²) in [6, 6.07) is 6.47. The zero-order valence-corrected chi connectivity index (χ0v) is 13.8. The molecular formula is C18H24FN3O2. The van der Waals surface area contributed by atoms with Gasteiger partial charge in [0, 0.05) is 25.7 Å². The van der Waals surface area contributed by atoms with Crippen LogP contribution in [-0.2, 0) is 11.3 Å². The van der Waals surface area contributed by atoms with Gasteiger partial charge in [0.15, 0.2) is 0 Å². The van der Waals surface area contributed by atoms with Crippen LogP contribution in [0.4, 0.5) is 9.18 Å². The number of amides is 3. The normalized spacial score (nSPS) is 18.9. The van der Waals surface area contributed by atoms with Crippen LogP contribution in [0.3, 0.4) is 0 Å². The van der Waals surface area contributed by atoms with Crippen LogP contribution in [0, 0.1) is 5.82 Å². The molecule has 1 saturated heterocycles. The molecule has 0 aromatic heterocycles. The largest absolute Gasteiger partial charge is 0.336 e. The third kappa shape index (κ3) is 4.12. The first-order valence-corrected chi connectivity index (χ1v) is 8.70. The lowest BCUT2D eigenvalue weighted by Gasteiger charge is -2.34. The number of benzene rings is 1. The Balaban J connectivity index is 1.70. The summed E-state index contributed by atoms with van der Waals surface area (Å²) < 4.78 is 13.1. The predicted octanol–water partition coefficient (Wildman–Crippen LogP) is 2.51. The molecule has 130 valence electrons. The van der Waals surface area contributed by atoms with E-state index in [9.17, 15) is 14.0 Å². The monoisotopic (exact) mass is 333 g/mol. The second-order valence-corrected chi connectivity index (χ2v) is 6.60. The van der Waals surface area contributed by atoms with Crippen molar-refractivity contribution >= 4 is 11.9 Å². The number of hydrogen-bond acceptors (Lipinski definition) is 3. The van der Waals surface area contributed by atoms with Gasteiger partial charge in [-0.15, -0.1) is 0 Å². The van der Waals surface area contributed by atoms with Crippen LogP contribution in [0.1, 0.15) is 37.7 Å². The van der Waals surface area contributed by atoms with Gasteiger partial charge in [-0.3, -0.25) is 14.6 Å². The molecule has 2 aliphatic rings. The number of carbonyl (C=O) groups excluding carboxylic acids is 2. The van der Waals surface area contributed by atoms with Crippen molar-refractivity contribution in [3.63, 3.8) is 0 Å². The standard InChI is InChI=1S/C18H24FN3O2/c19-15-8-6-14(7-9-15)12-21(16-4-2-1-3-5-16)13-17(23)22-11-10-20-18(22)24/h6-9,16H,1-5,10-13H2,(H,20,24). The number of carbonyl (C=O) groups is 2. The Bertz CT molecular complexity index is 584. The van der Waals surface area contributed by atoms with Crippen LogP contribution in [-0.4, -0.2) is 47.4 Å². The smallest absolute Gasteiger partial charge is 0.324 e. The molecule has 3 rings (SSSR count). The Hall–Kier alpha value is -1.95. The van der Waals surface area contributed by atoms with Gasteiger partial charge in [-0.1, -0.05) is 31.4 Å². The lowest BCUT2D eigenvalue weighted by Crippen LogP contribution is -2.45. The van der Waals surface area contributed by atoms with Crippen molar-refractivity contribution in [3.05, 3.63) is 35.6 Å². The van der Waals surface area contributed by atoms with E-state index in [-0.39, 0.29) is 24.3 Å². The highest BCUT2D eigenvalue weighted by atomic mass is 19.1. The molecule has 24 heavy (non-hydrogen) atoms. The minimum atomic E-state index is -0.301. The molecule has 5 nitrogen and oxygen atoms in total. The summed E-state index contributed by atoms with van der Waals surface area (Å²) in [7, 11) is 0. The first kappa shape index (κ1) is 16.9. The lowest BCUT2D eigenvalue weighted by atomic mass is 9.93. The third-order valence-electron chi connectivity index (χ3n) is 4.89. The van der Waals surface area contributed by atoms with E-state index in [2.05, 4.69) is 10.2 Å². The summed E-state index contributed by atoms with van der Waals surface area (Å²) in [5.41, 5.74) is 0.987. The van der Waals surface area contributed by atoms with Crippen molar-refractivity contribution in [2.75, 3.05) is 19.6 Å². The molecule has 1 aliphatic heterocycles. The van der Waals surface area contributed by atoms with Gasteiger partial charge in [-0.2, -0.15) is 0 Å². The Kier molecular flexibility index (Phi) is 5.45.